The molecule has 0 bridgehead atoms. The van der Waals surface area contributed by atoms with E-state index in [9.17, 15) is 4.79 Å². The molecule has 2 N–H and O–H groups in total. The van der Waals surface area contributed by atoms with E-state index in [-0.39, 0.29) is 5.91 Å². The van der Waals surface area contributed by atoms with Gasteiger partial charge in [-0.15, -0.1) is 0 Å². The first-order valence-corrected chi connectivity index (χ1v) is 8.26. The van der Waals surface area contributed by atoms with E-state index in [0.717, 1.165) is 21.5 Å². The number of pyridine rings is 1. The summed E-state index contributed by atoms with van der Waals surface area (Å²) in [6.45, 7) is 2.04. The minimum atomic E-state index is -0.245. The number of hydrogen-bond acceptors (Lipinski definition) is 3. The Labute approximate surface area is 149 Å². The van der Waals surface area contributed by atoms with E-state index in [0.29, 0.717) is 5.69 Å². The number of carbonyl (C=O) groups excluding carboxylic acids is 1. The van der Waals surface area contributed by atoms with Gasteiger partial charge in [0.15, 0.2) is 0 Å². The van der Waals surface area contributed by atoms with E-state index in [1.165, 1.54) is 5.56 Å². The third kappa shape index (κ3) is 4.20. The van der Waals surface area contributed by atoms with Crippen LogP contribution in [-0.4, -0.2) is 10.9 Å². The molecule has 3 rings (SSSR count). The van der Waals surface area contributed by atoms with Gasteiger partial charge in [-0.2, -0.15) is 0 Å². The molecule has 3 aromatic rings. The smallest absolute Gasteiger partial charge is 0.274 e. The Bertz CT molecular complexity index is 862. The van der Waals surface area contributed by atoms with E-state index in [4.69, 9.17) is 0 Å². The van der Waals surface area contributed by atoms with Crippen molar-refractivity contribution in [2.75, 3.05) is 10.6 Å². The maximum absolute atomic E-state index is 12.3. The number of amides is 1. The second-order valence-corrected chi connectivity index (χ2v) is 6.30. The van der Waals surface area contributed by atoms with Crippen LogP contribution in [0.1, 0.15) is 16.1 Å². The molecule has 0 radical (unpaired) electrons. The van der Waals surface area contributed by atoms with Crippen molar-refractivity contribution in [3.05, 3.63) is 82.6 Å². The zero-order valence-corrected chi connectivity index (χ0v) is 14.7. The standard InChI is InChI=1S/C19H16BrN3O/c1-13-3-2-4-16(11-13)22-17-9-10-21-18(12-17)19(24)23-15-7-5-14(20)6-8-15/h2-12H,1H3,(H,21,22)(H,23,24). The molecule has 0 saturated carbocycles. The van der Waals surface area contributed by atoms with Gasteiger partial charge < -0.3 is 10.6 Å². The molecule has 120 valence electrons. The van der Waals surface area contributed by atoms with Gasteiger partial charge >= 0.3 is 0 Å². The van der Waals surface area contributed by atoms with Gasteiger partial charge in [0.05, 0.1) is 0 Å². The predicted molar refractivity (Wildman–Crippen MR) is 101 cm³/mol. The van der Waals surface area contributed by atoms with Crippen LogP contribution in [0, 0.1) is 6.92 Å². The highest BCUT2D eigenvalue weighted by atomic mass is 79.9. The summed E-state index contributed by atoms with van der Waals surface area (Å²) in [5.41, 5.74) is 4.04. The van der Waals surface area contributed by atoms with Crippen molar-refractivity contribution in [1.82, 2.24) is 4.98 Å². The summed E-state index contributed by atoms with van der Waals surface area (Å²) in [5, 5.41) is 6.12. The highest BCUT2D eigenvalue weighted by Crippen LogP contribution is 2.19. The SMILES string of the molecule is Cc1cccc(Nc2ccnc(C(=O)Nc3ccc(Br)cc3)c2)c1. The Morgan fingerprint density at radius 2 is 1.71 bits per heavy atom. The number of aryl methyl sites for hydroxylation is 1. The molecule has 0 aliphatic rings. The fourth-order valence-electron chi connectivity index (χ4n) is 2.25. The number of nitrogens with zero attached hydrogens (tertiary/aromatic N) is 1. The number of carbonyl (C=O) groups is 1. The van der Waals surface area contributed by atoms with Gasteiger partial charge in [-0.3, -0.25) is 9.78 Å². The molecule has 1 amide bonds. The largest absolute Gasteiger partial charge is 0.355 e. The Balaban J connectivity index is 1.74. The number of nitrogens with one attached hydrogen (secondary N) is 2. The van der Waals surface area contributed by atoms with Gasteiger partial charge in [0.2, 0.25) is 0 Å². The van der Waals surface area contributed by atoms with Crippen LogP contribution in [0.5, 0.6) is 0 Å². The second-order valence-electron chi connectivity index (χ2n) is 5.39. The summed E-state index contributed by atoms with van der Waals surface area (Å²) in [5.74, 6) is -0.245. The lowest BCUT2D eigenvalue weighted by Crippen LogP contribution is -2.13. The van der Waals surface area contributed by atoms with Crippen molar-refractivity contribution in [2.24, 2.45) is 0 Å². The summed E-state index contributed by atoms with van der Waals surface area (Å²) >= 11 is 3.37. The lowest BCUT2D eigenvalue weighted by atomic mass is 10.2. The van der Waals surface area contributed by atoms with Gasteiger partial charge in [-0.1, -0.05) is 28.1 Å². The molecule has 0 aliphatic heterocycles. The fraction of sp³-hybridized carbons (Fsp3) is 0.0526. The van der Waals surface area contributed by atoms with Crippen molar-refractivity contribution >= 4 is 38.9 Å². The third-order valence-electron chi connectivity index (χ3n) is 3.40. The topological polar surface area (TPSA) is 54.0 Å². The number of hydrogen-bond donors (Lipinski definition) is 2. The number of rotatable bonds is 4. The molecule has 0 saturated heterocycles. The summed E-state index contributed by atoms with van der Waals surface area (Å²) in [7, 11) is 0. The Hall–Kier alpha value is -2.66. The van der Waals surface area contributed by atoms with E-state index in [1.54, 1.807) is 12.3 Å². The van der Waals surface area contributed by atoms with Crippen LogP contribution in [0.15, 0.2) is 71.3 Å². The number of aromatic nitrogens is 1. The molecule has 0 unspecified atom stereocenters. The minimum absolute atomic E-state index is 0.245. The monoisotopic (exact) mass is 381 g/mol. The molecule has 4 nitrogen and oxygen atoms in total. The van der Waals surface area contributed by atoms with Gasteiger partial charge in [-0.25, -0.2) is 0 Å². The molecule has 0 fully saturated rings. The molecule has 0 atom stereocenters. The molecule has 0 aliphatic carbocycles. The van der Waals surface area contributed by atoms with Crippen molar-refractivity contribution in [2.45, 2.75) is 6.92 Å². The maximum Gasteiger partial charge on any atom is 0.274 e. The van der Waals surface area contributed by atoms with Crippen LogP contribution >= 0.6 is 15.9 Å². The Morgan fingerprint density at radius 3 is 2.46 bits per heavy atom. The normalized spacial score (nSPS) is 10.2. The number of benzene rings is 2. The van der Waals surface area contributed by atoms with Crippen molar-refractivity contribution in [1.29, 1.82) is 0 Å². The summed E-state index contributed by atoms with van der Waals surface area (Å²) in [4.78, 5) is 16.5. The highest BCUT2D eigenvalue weighted by molar-refractivity contribution is 9.10. The molecule has 5 heteroatoms. The summed E-state index contributed by atoms with van der Waals surface area (Å²) in [6.07, 6.45) is 1.62. The molecule has 0 spiro atoms. The molecule has 24 heavy (non-hydrogen) atoms. The van der Waals surface area contributed by atoms with Crippen LogP contribution in [0.2, 0.25) is 0 Å². The zero-order chi connectivity index (χ0) is 16.9. The lowest BCUT2D eigenvalue weighted by molar-refractivity contribution is 0.102. The van der Waals surface area contributed by atoms with Gasteiger partial charge in [0, 0.05) is 27.7 Å². The first-order chi connectivity index (χ1) is 11.6. The minimum Gasteiger partial charge on any atom is -0.355 e. The molecular weight excluding hydrogens is 366 g/mol. The van der Waals surface area contributed by atoms with Gasteiger partial charge in [0.1, 0.15) is 5.69 Å². The van der Waals surface area contributed by atoms with Crippen LogP contribution < -0.4 is 10.6 Å². The average Bonchev–Trinajstić information content (AvgIpc) is 2.57. The fourth-order valence-corrected chi connectivity index (χ4v) is 2.51. The molecule has 1 heterocycles. The summed E-state index contributed by atoms with van der Waals surface area (Å²) in [6, 6.07) is 19.0. The van der Waals surface area contributed by atoms with Crippen molar-refractivity contribution < 1.29 is 4.79 Å². The predicted octanol–water partition coefficient (Wildman–Crippen LogP) is 5.15. The highest BCUT2D eigenvalue weighted by Gasteiger charge is 2.08. The molecular formula is C19H16BrN3O. The van der Waals surface area contributed by atoms with Crippen molar-refractivity contribution in [3.63, 3.8) is 0 Å². The van der Waals surface area contributed by atoms with E-state index >= 15 is 0 Å². The van der Waals surface area contributed by atoms with Gasteiger partial charge in [0.25, 0.3) is 5.91 Å². The zero-order valence-electron chi connectivity index (χ0n) is 13.1. The third-order valence-corrected chi connectivity index (χ3v) is 3.93. The van der Waals surface area contributed by atoms with Crippen LogP contribution in [0.4, 0.5) is 17.1 Å². The van der Waals surface area contributed by atoms with E-state index < -0.39 is 0 Å². The van der Waals surface area contributed by atoms with Crippen LogP contribution in [-0.2, 0) is 0 Å². The molecule has 2 aromatic carbocycles. The van der Waals surface area contributed by atoms with Gasteiger partial charge in [-0.05, 0) is 61.0 Å². The van der Waals surface area contributed by atoms with Crippen molar-refractivity contribution in [3.8, 4) is 0 Å². The van der Waals surface area contributed by atoms with E-state index in [1.807, 2.05) is 61.5 Å². The van der Waals surface area contributed by atoms with E-state index in [2.05, 4.69) is 31.5 Å². The Kier molecular flexibility index (Phi) is 4.91. The lowest BCUT2D eigenvalue weighted by Gasteiger charge is -2.09. The first kappa shape index (κ1) is 16.2. The second kappa shape index (κ2) is 7.27. The summed E-state index contributed by atoms with van der Waals surface area (Å²) < 4.78 is 0.961. The Morgan fingerprint density at radius 1 is 0.958 bits per heavy atom. The quantitative estimate of drug-likeness (QED) is 0.656. The number of halogens is 1. The average molecular weight is 382 g/mol. The van der Waals surface area contributed by atoms with Crippen LogP contribution in [0.25, 0.3) is 0 Å². The first-order valence-electron chi connectivity index (χ1n) is 7.47. The molecule has 1 aromatic heterocycles. The maximum atomic E-state index is 12.3. The number of anilines is 3. The van der Waals surface area contributed by atoms with Crippen LogP contribution in [0.3, 0.4) is 0 Å².